The SMILES string of the molecule is CC(C)(C)c1cc(-c2nc3ccc(-c4ccccc4Cl)cc3[nH]2)on1. The molecule has 0 fully saturated rings. The van der Waals surface area contributed by atoms with Crippen molar-refractivity contribution >= 4 is 22.6 Å². The third-order valence-electron chi connectivity index (χ3n) is 4.18. The van der Waals surface area contributed by atoms with Crippen LogP contribution in [-0.4, -0.2) is 15.1 Å². The van der Waals surface area contributed by atoms with Gasteiger partial charge < -0.3 is 9.51 Å². The molecule has 0 aliphatic heterocycles. The van der Waals surface area contributed by atoms with E-state index in [2.05, 4.69) is 35.9 Å². The van der Waals surface area contributed by atoms with Crippen molar-refractivity contribution < 1.29 is 4.52 Å². The van der Waals surface area contributed by atoms with Gasteiger partial charge in [0.2, 0.25) is 5.76 Å². The third-order valence-corrected chi connectivity index (χ3v) is 4.51. The quantitative estimate of drug-likeness (QED) is 0.494. The maximum absolute atomic E-state index is 6.31. The van der Waals surface area contributed by atoms with Gasteiger partial charge in [-0.2, -0.15) is 0 Å². The number of aromatic nitrogens is 3. The molecule has 4 nitrogen and oxygen atoms in total. The van der Waals surface area contributed by atoms with E-state index >= 15 is 0 Å². The van der Waals surface area contributed by atoms with Crippen molar-refractivity contribution in [3.63, 3.8) is 0 Å². The summed E-state index contributed by atoms with van der Waals surface area (Å²) in [5.41, 5.74) is 4.68. The number of halogens is 1. The van der Waals surface area contributed by atoms with Gasteiger partial charge in [-0.25, -0.2) is 4.98 Å². The number of imidazole rings is 1. The number of benzene rings is 2. The highest BCUT2D eigenvalue weighted by molar-refractivity contribution is 6.33. The van der Waals surface area contributed by atoms with Crippen molar-refractivity contribution in [2.75, 3.05) is 0 Å². The van der Waals surface area contributed by atoms with E-state index in [9.17, 15) is 0 Å². The van der Waals surface area contributed by atoms with Crippen molar-refractivity contribution in [3.05, 3.63) is 59.2 Å². The Morgan fingerprint density at radius 3 is 2.56 bits per heavy atom. The van der Waals surface area contributed by atoms with Gasteiger partial charge in [0.1, 0.15) is 0 Å². The zero-order valence-corrected chi connectivity index (χ0v) is 15.1. The summed E-state index contributed by atoms with van der Waals surface area (Å²) in [6, 6.07) is 15.8. The van der Waals surface area contributed by atoms with E-state index in [1.54, 1.807) is 0 Å². The number of hydrogen-bond acceptors (Lipinski definition) is 3. The molecule has 0 atom stereocenters. The van der Waals surface area contributed by atoms with Crippen LogP contribution in [0.3, 0.4) is 0 Å². The molecule has 0 unspecified atom stereocenters. The Labute approximate surface area is 150 Å². The van der Waals surface area contributed by atoms with Crippen molar-refractivity contribution in [2.24, 2.45) is 0 Å². The number of nitrogens with zero attached hydrogens (tertiary/aromatic N) is 2. The van der Waals surface area contributed by atoms with Crippen molar-refractivity contribution in [1.29, 1.82) is 0 Å². The monoisotopic (exact) mass is 351 g/mol. The first-order chi connectivity index (χ1) is 11.9. The van der Waals surface area contributed by atoms with Crippen LogP contribution in [0, 0.1) is 0 Å². The number of nitrogens with one attached hydrogen (secondary N) is 1. The van der Waals surface area contributed by atoms with Crippen LogP contribution < -0.4 is 0 Å². The Bertz CT molecular complexity index is 1060. The van der Waals surface area contributed by atoms with E-state index in [0.717, 1.165) is 32.9 Å². The van der Waals surface area contributed by atoms with Crippen molar-refractivity contribution in [1.82, 2.24) is 15.1 Å². The molecule has 2 aromatic heterocycles. The molecule has 0 aliphatic carbocycles. The summed E-state index contributed by atoms with van der Waals surface area (Å²) in [5.74, 6) is 1.31. The highest BCUT2D eigenvalue weighted by atomic mass is 35.5. The maximum atomic E-state index is 6.31. The average molecular weight is 352 g/mol. The molecule has 0 amide bonds. The first-order valence-corrected chi connectivity index (χ1v) is 8.52. The number of rotatable bonds is 2. The second kappa shape index (κ2) is 5.74. The van der Waals surface area contributed by atoms with Crippen LogP contribution >= 0.6 is 11.6 Å². The number of fused-ring (bicyclic) bond motifs is 1. The second-order valence-electron chi connectivity index (χ2n) is 7.12. The van der Waals surface area contributed by atoms with Crippen LogP contribution in [0.15, 0.2) is 53.1 Å². The fourth-order valence-corrected chi connectivity index (χ4v) is 2.97. The van der Waals surface area contributed by atoms with Crippen LogP contribution in [0.25, 0.3) is 33.7 Å². The lowest BCUT2D eigenvalue weighted by atomic mass is 9.92. The summed E-state index contributed by atoms with van der Waals surface area (Å²) in [6.45, 7) is 6.30. The molecule has 0 aliphatic rings. The highest BCUT2D eigenvalue weighted by Gasteiger charge is 2.20. The molecule has 1 N–H and O–H groups in total. The van der Waals surface area contributed by atoms with Crippen LogP contribution in [0.1, 0.15) is 26.5 Å². The summed E-state index contributed by atoms with van der Waals surface area (Å²) in [6.07, 6.45) is 0. The molecule has 0 saturated carbocycles. The predicted molar refractivity (Wildman–Crippen MR) is 101 cm³/mol. The Hall–Kier alpha value is -2.59. The minimum atomic E-state index is -0.0645. The molecular formula is C20H18ClN3O. The topological polar surface area (TPSA) is 54.7 Å². The molecule has 0 spiro atoms. The van der Waals surface area contributed by atoms with Gasteiger partial charge in [0.15, 0.2) is 5.82 Å². The van der Waals surface area contributed by atoms with Gasteiger partial charge in [0, 0.05) is 22.1 Å². The molecule has 126 valence electrons. The van der Waals surface area contributed by atoms with Gasteiger partial charge in [0.25, 0.3) is 0 Å². The second-order valence-corrected chi connectivity index (χ2v) is 7.53. The van der Waals surface area contributed by atoms with Crippen LogP contribution in [0.4, 0.5) is 0 Å². The summed E-state index contributed by atoms with van der Waals surface area (Å²) in [7, 11) is 0. The smallest absolute Gasteiger partial charge is 0.202 e. The molecular weight excluding hydrogens is 334 g/mol. The Morgan fingerprint density at radius 2 is 1.84 bits per heavy atom. The molecule has 0 bridgehead atoms. The summed E-state index contributed by atoms with van der Waals surface area (Å²) in [5, 5.41) is 4.89. The lowest BCUT2D eigenvalue weighted by Gasteiger charge is -2.12. The fraction of sp³-hybridized carbons (Fsp3) is 0.200. The minimum Gasteiger partial charge on any atom is -0.353 e. The van der Waals surface area contributed by atoms with Gasteiger partial charge in [-0.3, -0.25) is 0 Å². The summed E-state index contributed by atoms with van der Waals surface area (Å²) < 4.78 is 5.48. The normalized spacial score (nSPS) is 12.0. The molecule has 2 heterocycles. The highest BCUT2D eigenvalue weighted by Crippen LogP contribution is 2.31. The standard InChI is InChI=1S/C20H18ClN3O/c1-20(2,3)18-11-17(25-24-18)19-22-15-9-8-12(10-16(15)23-19)13-6-4-5-7-14(13)21/h4-11H,1-3H3,(H,22,23). The molecule has 2 aromatic carbocycles. The number of aromatic amines is 1. The predicted octanol–water partition coefficient (Wildman–Crippen LogP) is 5.84. The zero-order chi connectivity index (χ0) is 17.6. The number of H-pyrrole nitrogens is 1. The molecule has 4 aromatic rings. The van der Waals surface area contributed by atoms with E-state index in [-0.39, 0.29) is 5.41 Å². The minimum absolute atomic E-state index is 0.0645. The third kappa shape index (κ3) is 2.94. The van der Waals surface area contributed by atoms with Crippen LogP contribution in [0.5, 0.6) is 0 Å². The molecule has 0 radical (unpaired) electrons. The summed E-state index contributed by atoms with van der Waals surface area (Å²) in [4.78, 5) is 7.93. The molecule has 4 rings (SSSR count). The van der Waals surface area contributed by atoms with E-state index in [1.165, 1.54) is 0 Å². The average Bonchev–Trinajstić information content (AvgIpc) is 3.21. The van der Waals surface area contributed by atoms with Gasteiger partial charge in [0.05, 0.1) is 16.7 Å². The lowest BCUT2D eigenvalue weighted by molar-refractivity contribution is 0.401. The molecule has 25 heavy (non-hydrogen) atoms. The lowest BCUT2D eigenvalue weighted by Crippen LogP contribution is -2.10. The van der Waals surface area contributed by atoms with E-state index in [4.69, 9.17) is 16.1 Å². The Morgan fingerprint density at radius 1 is 1.04 bits per heavy atom. The summed E-state index contributed by atoms with van der Waals surface area (Å²) >= 11 is 6.31. The molecule has 5 heteroatoms. The first-order valence-electron chi connectivity index (χ1n) is 8.14. The van der Waals surface area contributed by atoms with Crippen molar-refractivity contribution in [3.8, 4) is 22.7 Å². The Balaban J connectivity index is 1.76. The Kier molecular flexibility index (Phi) is 3.65. The van der Waals surface area contributed by atoms with Crippen LogP contribution in [-0.2, 0) is 5.41 Å². The molecule has 0 saturated heterocycles. The van der Waals surface area contributed by atoms with Gasteiger partial charge >= 0.3 is 0 Å². The van der Waals surface area contributed by atoms with Gasteiger partial charge in [-0.15, -0.1) is 0 Å². The largest absolute Gasteiger partial charge is 0.353 e. The van der Waals surface area contributed by atoms with E-state index < -0.39 is 0 Å². The van der Waals surface area contributed by atoms with Crippen molar-refractivity contribution in [2.45, 2.75) is 26.2 Å². The van der Waals surface area contributed by atoms with Gasteiger partial charge in [-0.1, -0.05) is 61.8 Å². The zero-order valence-electron chi connectivity index (χ0n) is 14.3. The maximum Gasteiger partial charge on any atom is 0.202 e. The number of hydrogen-bond donors (Lipinski definition) is 1. The van der Waals surface area contributed by atoms with E-state index in [1.807, 2.05) is 48.5 Å². The van der Waals surface area contributed by atoms with E-state index in [0.29, 0.717) is 11.6 Å². The fourth-order valence-electron chi connectivity index (χ4n) is 2.73. The first kappa shape index (κ1) is 15.9. The van der Waals surface area contributed by atoms with Gasteiger partial charge in [-0.05, 0) is 23.8 Å². The van der Waals surface area contributed by atoms with Crippen LogP contribution in [0.2, 0.25) is 5.02 Å².